The Bertz CT molecular complexity index is 297. The predicted octanol–water partition coefficient (Wildman–Crippen LogP) is 0.722. The van der Waals surface area contributed by atoms with Gasteiger partial charge in [0.15, 0.2) is 0 Å². The number of carbonyl (C=O) groups is 1. The van der Waals surface area contributed by atoms with E-state index >= 15 is 0 Å². The van der Waals surface area contributed by atoms with Crippen LogP contribution in [0.3, 0.4) is 0 Å². The van der Waals surface area contributed by atoms with Crippen LogP contribution < -0.4 is 5.32 Å². The monoisotopic (exact) mass is 210 g/mol. The molecule has 1 amide bonds. The van der Waals surface area contributed by atoms with Gasteiger partial charge in [-0.05, 0) is 28.8 Å². The lowest BCUT2D eigenvalue weighted by Crippen LogP contribution is -2.48. The Morgan fingerprint density at radius 1 is 1.57 bits per heavy atom. The van der Waals surface area contributed by atoms with Crippen LogP contribution in [0, 0.1) is 0 Å². The van der Waals surface area contributed by atoms with Gasteiger partial charge in [-0.15, -0.1) is 0 Å². The second kappa shape index (κ2) is 4.57. The molecule has 76 valence electrons. The van der Waals surface area contributed by atoms with Crippen LogP contribution in [0.2, 0.25) is 0 Å². The molecular formula is C10H14N2OS. The summed E-state index contributed by atoms with van der Waals surface area (Å²) in [6.45, 7) is 3.14. The number of nitrogens with zero attached hydrogens (tertiary/aromatic N) is 1. The number of carbonyl (C=O) groups excluding carboxylic acids is 1. The second-order valence-corrected chi connectivity index (χ2v) is 4.22. The highest BCUT2D eigenvalue weighted by molar-refractivity contribution is 7.07. The summed E-state index contributed by atoms with van der Waals surface area (Å²) in [7, 11) is 0. The van der Waals surface area contributed by atoms with Gasteiger partial charge >= 0.3 is 0 Å². The van der Waals surface area contributed by atoms with Gasteiger partial charge in [0, 0.05) is 19.6 Å². The zero-order chi connectivity index (χ0) is 9.80. The molecule has 0 atom stereocenters. The fourth-order valence-corrected chi connectivity index (χ4v) is 2.28. The van der Waals surface area contributed by atoms with E-state index in [1.807, 2.05) is 4.90 Å². The van der Waals surface area contributed by atoms with E-state index in [2.05, 4.69) is 22.1 Å². The molecule has 1 fully saturated rings. The minimum atomic E-state index is 0.228. The number of hydrogen-bond acceptors (Lipinski definition) is 3. The van der Waals surface area contributed by atoms with Gasteiger partial charge < -0.3 is 10.2 Å². The first-order valence-electron chi connectivity index (χ1n) is 4.86. The van der Waals surface area contributed by atoms with Crippen LogP contribution in [0.1, 0.15) is 5.56 Å². The average molecular weight is 210 g/mol. The molecule has 0 saturated carbocycles. The van der Waals surface area contributed by atoms with Crippen LogP contribution in [0.15, 0.2) is 16.8 Å². The fraction of sp³-hybridized carbons (Fsp3) is 0.500. The molecule has 1 aliphatic heterocycles. The largest absolute Gasteiger partial charge is 0.340 e. The Kier molecular flexibility index (Phi) is 3.16. The maximum absolute atomic E-state index is 11.4. The van der Waals surface area contributed by atoms with Gasteiger partial charge in [0.1, 0.15) is 0 Å². The summed E-state index contributed by atoms with van der Waals surface area (Å²) in [5.74, 6) is 0.228. The molecule has 2 rings (SSSR count). The van der Waals surface area contributed by atoms with Gasteiger partial charge in [-0.25, -0.2) is 0 Å². The maximum atomic E-state index is 11.4. The van der Waals surface area contributed by atoms with Crippen molar-refractivity contribution >= 4 is 17.2 Å². The number of thiophene rings is 1. The Hall–Kier alpha value is -0.870. The molecule has 0 aliphatic carbocycles. The fourth-order valence-electron chi connectivity index (χ4n) is 1.58. The molecule has 3 nitrogen and oxygen atoms in total. The van der Waals surface area contributed by atoms with Crippen LogP contribution in [0.25, 0.3) is 0 Å². The first kappa shape index (κ1) is 9.68. The third-order valence-electron chi connectivity index (χ3n) is 2.44. The Balaban J connectivity index is 1.82. The van der Waals surface area contributed by atoms with Gasteiger partial charge in [-0.1, -0.05) is 0 Å². The molecule has 14 heavy (non-hydrogen) atoms. The molecule has 0 unspecified atom stereocenters. The van der Waals surface area contributed by atoms with Crippen molar-refractivity contribution < 1.29 is 4.79 Å². The topological polar surface area (TPSA) is 32.3 Å². The van der Waals surface area contributed by atoms with Crippen LogP contribution >= 0.6 is 11.3 Å². The molecule has 2 heterocycles. The van der Waals surface area contributed by atoms with Crippen molar-refractivity contribution in [1.82, 2.24) is 10.2 Å². The molecule has 0 spiro atoms. The lowest BCUT2D eigenvalue weighted by Gasteiger charge is -2.27. The lowest BCUT2D eigenvalue weighted by molar-refractivity contribution is -0.131. The van der Waals surface area contributed by atoms with Gasteiger partial charge in [0.25, 0.3) is 0 Å². The van der Waals surface area contributed by atoms with E-state index in [0.717, 1.165) is 26.1 Å². The van der Waals surface area contributed by atoms with E-state index in [4.69, 9.17) is 0 Å². The molecule has 0 bridgehead atoms. The summed E-state index contributed by atoms with van der Waals surface area (Å²) >= 11 is 1.71. The first-order valence-corrected chi connectivity index (χ1v) is 5.80. The third-order valence-corrected chi connectivity index (χ3v) is 3.17. The van der Waals surface area contributed by atoms with Crippen LogP contribution in [0.4, 0.5) is 0 Å². The average Bonchev–Trinajstić information content (AvgIpc) is 2.69. The van der Waals surface area contributed by atoms with E-state index in [1.165, 1.54) is 5.56 Å². The molecule has 4 heteroatoms. The molecule has 0 radical (unpaired) electrons. The molecule has 1 N–H and O–H groups in total. The van der Waals surface area contributed by atoms with Gasteiger partial charge in [0.05, 0.1) is 6.54 Å². The Morgan fingerprint density at radius 2 is 2.50 bits per heavy atom. The highest BCUT2D eigenvalue weighted by Gasteiger charge is 2.16. The van der Waals surface area contributed by atoms with Gasteiger partial charge in [0.2, 0.25) is 5.91 Å². The molecule has 0 aromatic carbocycles. The van der Waals surface area contributed by atoms with Gasteiger partial charge in [-0.2, -0.15) is 11.3 Å². The number of amides is 1. The highest BCUT2D eigenvalue weighted by Crippen LogP contribution is 2.07. The molecule has 1 aliphatic rings. The lowest BCUT2D eigenvalue weighted by atomic mass is 10.2. The van der Waals surface area contributed by atoms with Crippen molar-refractivity contribution in [2.45, 2.75) is 6.42 Å². The van der Waals surface area contributed by atoms with Crippen molar-refractivity contribution in [3.8, 4) is 0 Å². The van der Waals surface area contributed by atoms with Crippen LogP contribution in [-0.2, 0) is 11.2 Å². The minimum Gasteiger partial charge on any atom is -0.340 e. The summed E-state index contributed by atoms with van der Waals surface area (Å²) < 4.78 is 0. The molecule has 1 saturated heterocycles. The summed E-state index contributed by atoms with van der Waals surface area (Å²) in [5.41, 5.74) is 1.33. The van der Waals surface area contributed by atoms with E-state index in [1.54, 1.807) is 11.3 Å². The van der Waals surface area contributed by atoms with Crippen LogP contribution in [-0.4, -0.2) is 37.0 Å². The van der Waals surface area contributed by atoms with Crippen molar-refractivity contribution in [3.05, 3.63) is 22.4 Å². The van der Waals surface area contributed by atoms with E-state index in [0.29, 0.717) is 6.54 Å². The van der Waals surface area contributed by atoms with Crippen molar-refractivity contribution in [2.24, 2.45) is 0 Å². The van der Waals surface area contributed by atoms with Crippen LogP contribution in [0.5, 0.6) is 0 Å². The summed E-state index contributed by atoms with van der Waals surface area (Å²) in [6, 6.07) is 2.12. The van der Waals surface area contributed by atoms with Gasteiger partial charge in [-0.3, -0.25) is 4.79 Å². The third kappa shape index (κ3) is 2.33. The summed E-state index contributed by atoms with van der Waals surface area (Å²) in [6.07, 6.45) is 0.981. The minimum absolute atomic E-state index is 0.228. The SMILES string of the molecule is O=C1CNCCN1CCc1ccsc1. The zero-order valence-corrected chi connectivity index (χ0v) is 8.85. The second-order valence-electron chi connectivity index (χ2n) is 3.44. The zero-order valence-electron chi connectivity index (χ0n) is 8.03. The number of hydrogen-bond donors (Lipinski definition) is 1. The summed E-state index contributed by atoms with van der Waals surface area (Å²) in [5, 5.41) is 7.29. The first-order chi connectivity index (χ1) is 6.86. The Labute approximate surface area is 87.7 Å². The summed E-state index contributed by atoms with van der Waals surface area (Å²) in [4.78, 5) is 13.4. The number of nitrogens with one attached hydrogen (secondary N) is 1. The number of piperazine rings is 1. The van der Waals surface area contributed by atoms with Crippen molar-refractivity contribution in [2.75, 3.05) is 26.2 Å². The molecule has 1 aromatic rings. The smallest absolute Gasteiger partial charge is 0.236 e. The predicted molar refractivity (Wildman–Crippen MR) is 57.5 cm³/mol. The number of rotatable bonds is 3. The quantitative estimate of drug-likeness (QED) is 0.797. The molecular weight excluding hydrogens is 196 g/mol. The van der Waals surface area contributed by atoms with Crippen molar-refractivity contribution in [1.29, 1.82) is 0 Å². The molecule has 1 aromatic heterocycles. The normalized spacial score (nSPS) is 17.4. The standard InChI is InChI=1S/C10H14N2OS/c13-10-7-11-3-5-12(10)4-1-9-2-6-14-8-9/h2,6,8,11H,1,3-5,7H2. The maximum Gasteiger partial charge on any atom is 0.236 e. The van der Waals surface area contributed by atoms with E-state index in [-0.39, 0.29) is 5.91 Å². The van der Waals surface area contributed by atoms with E-state index in [9.17, 15) is 4.79 Å². The van der Waals surface area contributed by atoms with Crippen molar-refractivity contribution in [3.63, 3.8) is 0 Å². The van der Waals surface area contributed by atoms with E-state index < -0.39 is 0 Å². The highest BCUT2D eigenvalue weighted by atomic mass is 32.1. The Morgan fingerprint density at radius 3 is 3.21 bits per heavy atom.